The van der Waals surface area contributed by atoms with Gasteiger partial charge in [-0.25, -0.2) is 4.39 Å². The van der Waals surface area contributed by atoms with Crippen molar-refractivity contribution >= 4 is 6.29 Å². The molecule has 0 atom stereocenters. The van der Waals surface area contributed by atoms with Gasteiger partial charge in [0, 0.05) is 12.4 Å². The molecule has 1 aromatic carbocycles. The maximum absolute atomic E-state index is 12.4. The molecule has 0 fully saturated rings. The average molecular weight is 204 g/mol. The second kappa shape index (κ2) is 6.37. The molecule has 4 heteroatoms. The molecule has 3 nitrogen and oxygen atoms in total. The molecular formula is C11H9FN2O. The summed E-state index contributed by atoms with van der Waals surface area (Å²) >= 11 is 0. The molecule has 0 bridgehead atoms. The summed E-state index contributed by atoms with van der Waals surface area (Å²) in [5, 5.41) is 7.07. The highest BCUT2D eigenvalue weighted by atomic mass is 19.1. The summed E-state index contributed by atoms with van der Waals surface area (Å²) in [5.41, 5.74) is 0.109. The molecule has 1 heterocycles. The minimum absolute atomic E-state index is 0.109. The predicted octanol–water partition coefficient (Wildman–Crippen LogP) is 2.11. The Balaban J connectivity index is 0.000000162. The Morgan fingerprint density at radius 3 is 1.93 bits per heavy atom. The maximum Gasteiger partial charge on any atom is 0.152 e. The Bertz CT molecular complexity index is 380. The van der Waals surface area contributed by atoms with Crippen LogP contribution in [-0.4, -0.2) is 16.5 Å². The highest BCUT2D eigenvalue weighted by molar-refractivity contribution is 5.74. The standard InChI is InChI=1S/C7H5FO.C4H4N2/c8-7-4-2-1-3-6(7)5-9;1-2-4-6-5-3-1/h1-5H;1-4H. The zero-order chi connectivity index (χ0) is 10.9. The van der Waals surface area contributed by atoms with E-state index in [-0.39, 0.29) is 5.56 Å². The lowest BCUT2D eigenvalue weighted by molar-refractivity contribution is 0.112. The Morgan fingerprint density at radius 2 is 1.60 bits per heavy atom. The predicted molar refractivity (Wildman–Crippen MR) is 53.8 cm³/mol. The van der Waals surface area contributed by atoms with Crippen LogP contribution in [0, 0.1) is 5.82 Å². The van der Waals surface area contributed by atoms with Crippen molar-refractivity contribution < 1.29 is 9.18 Å². The number of halogens is 1. The smallest absolute Gasteiger partial charge is 0.152 e. The van der Waals surface area contributed by atoms with Gasteiger partial charge in [-0.1, -0.05) is 12.1 Å². The summed E-state index contributed by atoms with van der Waals surface area (Å²) in [5.74, 6) is -0.465. The van der Waals surface area contributed by atoms with Gasteiger partial charge in [0.05, 0.1) is 5.56 Å². The van der Waals surface area contributed by atoms with Crippen molar-refractivity contribution in [1.82, 2.24) is 10.2 Å². The summed E-state index contributed by atoms with van der Waals surface area (Å²) in [4.78, 5) is 9.99. The fourth-order valence-electron chi connectivity index (χ4n) is 0.824. The van der Waals surface area contributed by atoms with Crippen LogP contribution in [0.2, 0.25) is 0 Å². The highest BCUT2D eigenvalue weighted by Gasteiger charge is 1.94. The number of nitrogens with zero attached hydrogens (tertiary/aromatic N) is 2. The van der Waals surface area contributed by atoms with E-state index < -0.39 is 5.82 Å². The minimum atomic E-state index is -0.465. The average Bonchev–Trinajstić information content (AvgIpc) is 2.33. The molecule has 1 aromatic heterocycles. The van der Waals surface area contributed by atoms with Crippen LogP contribution in [0.25, 0.3) is 0 Å². The number of rotatable bonds is 1. The summed E-state index contributed by atoms with van der Waals surface area (Å²) in [6.45, 7) is 0. The third-order valence-electron chi connectivity index (χ3n) is 1.52. The summed E-state index contributed by atoms with van der Waals surface area (Å²) in [6, 6.07) is 9.50. The number of benzene rings is 1. The van der Waals surface area contributed by atoms with E-state index in [9.17, 15) is 9.18 Å². The van der Waals surface area contributed by atoms with Gasteiger partial charge >= 0.3 is 0 Å². The highest BCUT2D eigenvalue weighted by Crippen LogP contribution is 2.01. The van der Waals surface area contributed by atoms with E-state index in [1.54, 1.807) is 24.5 Å². The first-order valence-corrected chi connectivity index (χ1v) is 4.26. The van der Waals surface area contributed by atoms with Gasteiger partial charge in [0.25, 0.3) is 0 Å². The third-order valence-corrected chi connectivity index (χ3v) is 1.52. The quantitative estimate of drug-likeness (QED) is 0.668. The molecule has 0 aliphatic heterocycles. The van der Waals surface area contributed by atoms with Gasteiger partial charge < -0.3 is 0 Å². The lowest BCUT2D eigenvalue weighted by atomic mass is 10.2. The summed E-state index contributed by atoms with van der Waals surface area (Å²) in [7, 11) is 0. The fourth-order valence-corrected chi connectivity index (χ4v) is 0.824. The molecule has 0 saturated carbocycles. The molecule has 15 heavy (non-hydrogen) atoms. The molecule has 0 N–H and O–H groups in total. The van der Waals surface area contributed by atoms with Crippen LogP contribution in [0.5, 0.6) is 0 Å². The normalized spacial score (nSPS) is 8.60. The van der Waals surface area contributed by atoms with E-state index in [1.165, 1.54) is 12.1 Å². The number of aldehydes is 1. The number of hydrogen-bond donors (Lipinski definition) is 0. The van der Waals surface area contributed by atoms with Gasteiger partial charge in [0.2, 0.25) is 0 Å². The number of aromatic nitrogens is 2. The first-order chi connectivity index (χ1) is 7.34. The Labute approximate surface area is 86.6 Å². The minimum Gasteiger partial charge on any atom is -0.298 e. The van der Waals surface area contributed by atoms with E-state index >= 15 is 0 Å². The van der Waals surface area contributed by atoms with E-state index in [0.29, 0.717) is 6.29 Å². The molecule has 2 aromatic rings. The van der Waals surface area contributed by atoms with Crippen LogP contribution in [0.4, 0.5) is 4.39 Å². The van der Waals surface area contributed by atoms with E-state index in [2.05, 4.69) is 10.2 Å². The van der Waals surface area contributed by atoms with Gasteiger partial charge in [-0.15, -0.1) is 0 Å². The van der Waals surface area contributed by atoms with Crippen LogP contribution < -0.4 is 0 Å². The van der Waals surface area contributed by atoms with Gasteiger partial charge in [-0.2, -0.15) is 10.2 Å². The van der Waals surface area contributed by atoms with Crippen LogP contribution in [0.3, 0.4) is 0 Å². The summed E-state index contributed by atoms with van der Waals surface area (Å²) < 4.78 is 12.4. The lowest BCUT2D eigenvalue weighted by Gasteiger charge is -1.88. The molecule has 0 spiro atoms. The lowest BCUT2D eigenvalue weighted by Crippen LogP contribution is -1.83. The van der Waals surface area contributed by atoms with E-state index in [1.807, 2.05) is 12.1 Å². The van der Waals surface area contributed by atoms with E-state index in [4.69, 9.17) is 0 Å². The molecule has 0 aliphatic rings. The van der Waals surface area contributed by atoms with Gasteiger partial charge in [0.1, 0.15) is 5.82 Å². The van der Waals surface area contributed by atoms with Crippen molar-refractivity contribution in [2.24, 2.45) is 0 Å². The molecule has 0 radical (unpaired) electrons. The molecule has 76 valence electrons. The van der Waals surface area contributed by atoms with Crippen molar-refractivity contribution in [3.05, 3.63) is 60.2 Å². The molecule has 0 aliphatic carbocycles. The monoisotopic (exact) mass is 204 g/mol. The van der Waals surface area contributed by atoms with Crippen molar-refractivity contribution in [3.8, 4) is 0 Å². The van der Waals surface area contributed by atoms with Gasteiger partial charge in [-0.3, -0.25) is 4.79 Å². The largest absolute Gasteiger partial charge is 0.298 e. The summed E-state index contributed by atoms with van der Waals surface area (Å²) in [6.07, 6.45) is 3.77. The van der Waals surface area contributed by atoms with Gasteiger partial charge in [-0.05, 0) is 24.3 Å². The van der Waals surface area contributed by atoms with Gasteiger partial charge in [0.15, 0.2) is 6.29 Å². The zero-order valence-electron chi connectivity index (χ0n) is 7.88. The SMILES string of the molecule is O=Cc1ccccc1F.c1ccnnc1. The van der Waals surface area contributed by atoms with Crippen LogP contribution in [0.1, 0.15) is 10.4 Å². The topological polar surface area (TPSA) is 42.9 Å². The molecule has 0 unspecified atom stereocenters. The number of hydrogen-bond acceptors (Lipinski definition) is 3. The van der Waals surface area contributed by atoms with Crippen LogP contribution in [-0.2, 0) is 0 Å². The van der Waals surface area contributed by atoms with E-state index in [0.717, 1.165) is 0 Å². The molecular weight excluding hydrogens is 195 g/mol. The number of carbonyl (C=O) groups is 1. The second-order valence-electron chi connectivity index (χ2n) is 2.55. The second-order valence-corrected chi connectivity index (χ2v) is 2.55. The van der Waals surface area contributed by atoms with Crippen molar-refractivity contribution in [2.75, 3.05) is 0 Å². The molecule has 0 saturated heterocycles. The first kappa shape index (κ1) is 11.0. The molecule has 2 rings (SSSR count). The third kappa shape index (κ3) is 4.08. The number of carbonyl (C=O) groups excluding carboxylic acids is 1. The van der Waals surface area contributed by atoms with Crippen molar-refractivity contribution in [3.63, 3.8) is 0 Å². The first-order valence-electron chi connectivity index (χ1n) is 4.26. The Hall–Kier alpha value is -2.10. The maximum atomic E-state index is 12.4. The van der Waals surface area contributed by atoms with Crippen molar-refractivity contribution in [1.29, 1.82) is 0 Å². The Morgan fingerprint density at radius 1 is 1.00 bits per heavy atom. The van der Waals surface area contributed by atoms with Crippen LogP contribution >= 0.6 is 0 Å². The fraction of sp³-hybridized carbons (Fsp3) is 0. The Kier molecular flexibility index (Phi) is 4.66. The zero-order valence-corrected chi connectivity index (χ0v) is 7.88. The molecule has 0 amide bonds. The van der Waals surface area contributed by atoms with Crippen molar-refractivity contribution in [2.45, 2.75) is 0 Å². The van der Waals surface area contributed by atoms with Crippen LogP contribution in [0.15, 0.2) is 48.8 Å².